The number of carbonyl (C=O) groups is 1. The number of likely N-dealkylation sites (tertiary alicyclic amines) is 1. The van der Waals surface area contributed by atoms with E-state index in [0.29, 0.717) is 25.1 Å². The molecular formula is C19H33BFNO4. The zero-order valence-electron chi connectivity index (χ0n) is 17.4. The number of carbonyl (C=O) groups excluding carboxylic acids is 1. The van der Waals surface area contributed by atoms with Crippen LogP contribution in [0.3, 0.4) is 0 Å². The monoisotopic (exact) mass is 369 g/mol. The summed E-state index contributed by atoms with van der Waals surface area (Å²) in [5, 5.41) is 0. The van der Waals surface area contributed by atoms with E-state index in [-0.39, 0.29) is 17.7 Å². The number of halogens is 1. The first-order valence-corrected chi connectivity index (χ1v) is 9.40. The zero-order chi connectivity index (χ0) is 19.9. The van der Waals surface area contributed by atoms with Crippen molar-refractivity contribution in [2.45, 2.75) is 85.0 Å². The first-order chi connectivity index (χ1) is 11.7. The highest BCUT2D eigenvalue weighted by Crippen LogP contribution is 2.40. The van der Waals surface area contributed by atoms with E-state index in [9.17, 15) is 9.18 Å². The predicted octanol–water partition coefficient (Wildman–Crippen LogP) is 4.51. The van der Waals surface area contributed by atoms with E-state index in [1.54, 1.807) is 11.8 Å². The molecule has 0 spiro atoms. The van der Waals surface area contributed by atoms with Gasteiger partial charge in [0.15, 0.2) is 0 Å². The minimum atomic E-state index is -0.955. The third kappa shape index (κ3) is 4.80. The maximum atomic E-state index is 14.8. The minimum Gasteiger partial charge on any atom is -0.444 e. The first kappa shape index (κ1) is 21.2. The number of allylic oxidation sites excluding steroid dienone is 1. The number of hydrogen-bond donors (Lipinski definition) is 0. The Balaban J connectivity index is 1.95. The molecule has 2 aliphatic rings. The molecule has 148 valence electrons. The van der Waals surface area contributed by atoms with E-state index < -0.39 is 23.9 Å². The highest BCUT2D eigenvalue weighted by molar-refractivity contribution is 6.53. The Kier molecular flexibility index (Phi) is 5.84. The molecule has 0 saturated carbocycles. The van der Waals surface area contributed by atoms with Crippen LogP contribution in [0.15, 0.2) is 11.3 Å². The second kappa shape index (κ2) is 7.15. The molecule has 7 heteroatoms. The molecule has 0 aromatic carbocycles. The Labute approximate surface area is 157 Å². The van der Waals surface area contributed by atoms with Crippen LogP contribution in [0, 0.1) is 5.92 Å². The van der Waals surface area contributed by atoms with Crippen LogP contribution in [0.4, 0.5) is 9.18 Å². The van der Waals surface area contributed by atoms with E-state index in [2.05, 4.69) is 0 Å². The van der Waals surface area contributed by atoms with Crippen molar-refractivity contribution in [1.82, 2.24) is 4.90 Å². The average Bonchev–Trinajstić information content (AvgIpc) is 2.99. The highest BCUT2D eigenvalue weighted by atomic mass is 19.1. The van der Waals surface area contributed by atoms with Crippen LogP contribution in [0.5, 0.6) is 0 Å². The molecule has 0 bridgehead atoms. The molecule has 2 rings (SSSR count). The first-order valence-electron chi connectivity index (χ1n) is 9.40. The average molecular weight is 369 g/mol. The van der Waals surface area contributed by atoms with Crippen LogP contribution in [0.25, 0.3) is 0 Å². The van der Waals surface area contributed by atoms with E-state index >= 15 is 0 Å². The zero-order valence-corrected chi connectivity index (χ0v) is 17.4. The van der Waals surface area contributed by atoms with Crippen molar-refractivity contribution in [3.05, 3.63) is 11.3 Å². The summed E-state index contributed by atoms with van der Waals surface area (Å²) < 4.78 is 31.8. The molecule has 1 unspecified atom stereocenters. The van der Waals surface area contributed by atoms with Gasteiger partial charge in [-0.25, -0.2) is 9.18 Å². The van der Waals surface area contributed by atoms with Crippen LogP contribution >= 0.6 is 0 Å². The summed E-state index contributed by atoms with van der Waals surface area (Å²) in [6.07, 6.45) is 1.12. The number of rotatable bonds is 3. The Morgan fingerprint density at radius 1 is 1.23 bits per heavy atom. The molecule has 26 heavy (non-hydrogen) atoms. The SMILES string of the molecule is CC(CC1CCN(C(=O)OC(C)(C)C)C1)=C(F)B1OC(C)(C)C(C)(C)O1. The van der Waals surface area contributed by atoms with Crippen molar-refractivity contribution >= 4 is 13.2 Å². The topological polar surface area (TPSA) is 48.0 Å². The van der Waals surface area contributed by atoms with Gasteiger partial charge in [0.1, 0.15) is 11.3 Å². The van der Waals surface area contributed by atoms with Crippen molar-refractivity contribution in [3.8, 4) is 0 Å². The Hall–Kier alpha value is -1.08. The lowest BCUT2D eigenvalue weighted by molar-refractivity contribution is 0.00578. The maximum Gasteiger partial charge on any atom is 0.525 e. The summed E-state index contributed by atoms with van der Waals surface area (Å²) >= 11 is 0. The van der Waals surface area contributed by atoms with Crippen molar-refractivity contribution in [3.63, 3.8) is 0 Å². The molecule has 0 aliphatic carbocycles. The van der Waals surface area contributed by atoms with Crippen LogP contribution < -0.4 is 0 Å². The molecule has 0 radical (unpaired) electrons. The van der Waals surface area contributed by atoms with Crippen LogP contribution in [0.2, 0.25) is 0 Å². The van der Waals surface area contributed by atoms with Crippen molar-refractivity contribution in [2.75, 3.05) is 13.1 Å². The van der Waals surface area contributed by atoms with Gasteiger partial charge in [0, 0.05) is 13.1 Å². The van der Waals surface area contributed by atoms with Gasteiger partial charge in [-0.05, 0) is 79.7 Å². The molecule has 2 aliphatic heterocycles. The molecule has 2 saturated heterocycles. The lowest BCUT2D eigenvalue weighted by Crippen LogP contribution is -2.41. The van der Waals surface area contributed by atoms with Gasteiger partial charge in [-0.2, -0.15) is 0 Å². The summed E-state index contributed by atoms with van der Waals surface area (Å²) in [5.74, 6) is 0.218. The Morgan fingerprint density at radius 2 is 1.77 bits per heavy atom. The van der Waals surface area contributed by atoms with Crippen LogP contribution in [-0.2, 0) is 14.0 Å². The largest absolute Gasteiger partial charge is 0.525 e. The second-order valence-electron chi connectivity index (χ2n) is 9.50. The smallest absolute Gasteiger partial charge is 0.444 e. The molecule has 0 N–H and O–H groups in total. The van der Waals surface area contributed by atoms with Crippen molar-refractivity contribution in [2.24, 2.45) is 5.92 Å². The standard InChI is InChI=1S/C19H33BFNO4/c1-13(15(21)20-25-18(5,6)19(7,8)26-20)11-14-9-10-22(12-14)16(23)24-17(2,3)4/h14H,9-12H2,1-8H3. The Morgan fingerprint density at radius 3 is 2.27 bits per heavy atom. The fourth-order valence-corrected chi connectivity index (χ4v) is 3.17. The fraction of sp³-hybridized carbons (Fsp3) is 0.842. The molecule has 1 amide bonds. The van der Waals surface area contributed by atoms with Gasteiger partial charge < -0.3 is 18.9 Å². The van der Waals surface area contributed by atoms with Gasteiger partial charge in [0.05, 0.1) is 11.2 Å². The molecule has 2 fully saturated rings. The summed E-state index contributed by atoms with van der Waals surface area (Å²) in [4.78, 5) is 13.9. The highest BCUT2D eigenvalue weighted by Gasteiger charge is 2.53. The number of hydrogen-bond acceptors (Lipinski definition) is 4. The fourth-order valence-electron chi connectivity index (χ4n) is 3.17. The third-order valence-electron chi connectivity index (χ3n) is 5.40. The molecule has 0 aromatic heterocycles. The predicted molar refractivity (Wildman–Crippen MR) is 100 cm³/mol. The van der Waals surface area contributed by atoms with E-state index in [1.807, 2.05) is 48.5 Å². The lowest BCUT2D eigenvalue weighted by atomic mass is 9.82. The number of amides is 1. The molecule has 1 atom stereocenters. The van der Waals surface area contributed by atoms with E-state index in [0.717, 1.165) is 6.42 Å². The number of ether oxygens (including phenoxy) is 1. The Bertz CT molecular complexity index is 567. The minimum absolute atomic E-state index is 0.218. The third-order valence-corrected chi connectivity index (χ3v) is 5.40. The normalized spacial score (nSPS) is 26.1. The van der Waals surface area contributed by atoms with Crippen LogP contribution in [-0.4, -0.2) is 48.0 Å². The summed E-state index contributed by atoms with van der Waals surface area (Å²) in [5.41, 5.74) is -1.35. The molecular weight excluding hydrogens is 336 g/mol. The van der Waals surface area contributed by atoms with Gasteiger partial charge >= 0.3 is 13.2 Å². The van der Waals surface area contributed by atoms with Gasteiger partial charge in [0.2, 0.25) is 0 Å². The summed E-state index contributed by atoms with van der Waals surface area (Å²) in [6.45, 7) is 16.2. The maximum absolute atomic E-state index is 14.8. The van der Waals surface area contributed by atoms with Crippen molar-refractivity contribution < 1.29 is 23.2 Å². The molecule has 2 heterocycles. The summed E-state index contributed by atoms with van der Waals surface area (Å²) in [6, 6.07) is 0. The number of nitrogens with zero attached hydrogens (tertiary/aromatic N) is 1. The van der Waals surface area contributed by atoms with Gasteiger partial charge in [-0.3, -0.25) is 0 Å². The van der Waals surface area contributed by atoms with Gasteiger partial charge in [-0.1, -0.05) is 0 Å². The molecule has 5 nitrogen and oxygen atoms in total. The van der Waals surface area contributed by atoms with E-state index in [4.69, 9.17) is 14.0 Å². The van der Waals surface area contributed by atoms with Gasteiger partial charge in [0.25, 0.3) is 0 Å². The molecule has 0 aromatic rings. The van der Waals surface area contributed by atoms with Crippen LogP contribution in [0.1, 0.15) is 68.2 Å². The second-order valence-corrected chi connectivity index (χ2v) is 9.50. The summed E-state index contributed by atoms with van der Waals surface area (Å²) in [7, 11) is -0.955. The van der Waals surface area contributed by atoms with Crippen molar-refractivity contribution in [1.29, 1.82) is 0 Å². The lowest BCUT2D eigenvalue weighted by Gasteiger charge is -2.32. The quantitative estimate of drug-likeness (QED) is 0.687. The van der Waals surface area contributed by atoms with Gasteiger partial charge in [-0.15, -0.1) is 0 Å². The van der Waals surface area contributed by atoms with E-state index in [1.165, 1.54) is 0 Å².